The number of amides is 2. The van der Waals surface area contributed by atoms with Crippen molar-refractivity contribution in [3.63, 3.8) is 0 Å². The fourth-order valence-corrected chi connectivity index (χ4v) is 4.29. The van der Waals surface area contributed by atoms with Gasteiger partial charge in [0.1, 0.15) is 0 Å². The fraction of sp³-hybridized carbons (Fsp3) is 0.391. The zero-order valence-electron chi connectivity index (χ0n) is 17.2. The number of piperazine rings is 1. The molecule has 2 aromatic carbocycles. The smallest absolute Gasteiger partial charge is 0.238 e. The second-order valence-corrected chi connectivity index (χ2v) is 8.37. The molecule has 0 aliphatic carbocycles. The molecule has 0 spiro atoms. The van der Waals surface area contributed by atoms with Gasteiger partial charge in [0.05, 0.1) is 6.54 Å². The van der Waals surface area contributed by atoms with Crippen LogP contribution in [0.2, 0.25) is 5.02 Å². The van der Waals surface area contributed by atoms with E-state index in [4.69, 9.17) is 11.6 Å². The number of anilines is 3. The minimum Gasteiger partial charge on any atom is -0.369 e. The van der Waals surface area contributed by atoms with Gasteiger partial charge >= 0.3 is 0 Å². The predicted octanol–water partition coefficient (Wildman–Crippen LogP) is 3.54. The highest BCUT2D eigenvalue weighted by Gasteiger charge is 2.22. The van der Waals surface area contributed by atoms with Gasteiger partial charge in [0.25, 0.3) is 0 Å². The van der Waals surface area contributed by atoms with Crippen LogP contribution in [-0.2, 0) is 9.59 Å². The molecule has 0 radical (unpaired) electrons. The molecule has 1 N–H and O–H groups in total. The van der Waals surface area contributed by atoms with Crippen LogP contribution in [-0.4, -0.2) is 56.0 Å². The zero-order valence-corrected chi connectivity index (χ0v) is 18.0. The summed E-state index contributed by atoms with van der Waals surface area (Å²) in [5.41, 5.74) is 4.03. The quantitative estimate of drug-likeness (QED) is 0.794. The van der Waals surface area contributed by atoms with Gasteiger partial charge in [0, 0.05) is 61.2 Å². The first-order valence-corrected chi connectivity index (χ1v) is 10.8. The van der Waals surface area contributed by atoms with Crippen LogP contribution in [0.4, 0.5) is 17.1 Å². The predicted molar refractivity (Wildman–Crippen MR) is 122 cm³/mol. The molecule has 6 nitrogen and oxygen atoms in total. The zero-order chi connectivity index (χ0) is 21.1. The van der Waals surface area contributed by atoms with Crippen molar-refractivity contribution in [1.82, 2.24) is 4.90 Å². The highest BCUT2D eigenvalue weighted by atomic mass is 35.5. The van der Waals surface area contributed by atoms with Gasteiger partial charge in [0.15, 0.2) is 0 Å². The van der Waals surface area contributed by atoms with Gasteiger partial charge in [-0.15, -0.1) is 0 Å². The van der Waals surface area contributed by atoms with Crippen molar-refractivity contribution in [3.8, 4) is 0 Å². The molecular formula is C23H27ClN4O2. The number of carbonyl (C=O) groups is 2. The molecular weight excluding hydrogens is 400 g/mol. The van der Waals surface area contributed by atoms with Crippen molar-refractivity contribution in [2.24, 2.45) is 0 Å². The van der Waals surface area contributed by atoms with Crippen molar-refractivity contribution in [2.45, 2.75) is 19.8 Å². The Balaban J connectivity index is 1.27. The van der Waals surface area contributed by atoms with Crippen LogP contribution >= 0.6 is 11.6 Å². The van der Waals surface area contributed by atoms with E-state index in [1.807, 2.05) is 42.5 Å². The van der Waals surface area contributed by atoms with Crippen molar-refractivity contribution in [2.75, 3.05) is 54.4 Å². The summed E-state index contributed by atoms with van der Waals surface area (Å²) in [6.45, 7) is 6.63. The molecule has 7 heteroatoms. The monoisotopic (exact) mass is 426 g/mol. The van der Waals surface area contributed by atoms with E-state index >= 15 is 0 Å². The number of rotatable bonds is 5. The lowest BCUT2D eigenvalue weighted by atomic mass is 10.1. The summed E-state index contributed by atoms with van der Waals surface area (Å²) in [6, 6.07) is 13.5. The van der Waals surface area contributed by atoms with E-state index in [0.717, 1.165) is 55.5 Å². The molecule has 2 aliphatic heterocycles. The standard InChI is InChI=1S/C23H27ClN4O2/c1-17-4-5-18(24)15-21(17)27-13-11-26(12-14-27)16-22(29)25-19-6-8-20(9-7-19)28-10-2-3-23(28)30/h4-9,15H,2-3,10-14,16H2,1H3,(H,25,29). The number of nitrogens with zero attached hydrogens (tertiary/aromatic N) is 3. The van der Waals surface area contributed by atoms with Gasteiger partial charge in [0.2, 0.25) is 11.8 Å². The lowest BCUT2D eigenvalue weighted by molar-refractivity contribution is -0.118. The summed E-state index contributed by atoms with van der Waals surface area (Å²) in [7, 11) is 0. The highest BCUT2D eigenvalue weighted by molar-refractivity contribution is 6.30. The van der Waals surface area contributed by atoms with E-state index in [9.17, 15) is 9.59 Å². The molecule has 2 heterocycles. The van der Waals surface area contributed by atoms with Crippen LogP contribution in [0.1, 0.15) is 18.4 Å². The second kappa shape index (κ2) is 9.06. The minimum atomic E-state index is -0.0209. The lowest BCUT2D eigenvalue weighted by Crippen LogP contribution is -2.48. The SMILES string of the molecule is Cc1ccc(Cl)cc1N1CCN(CC(=O)Nc2ccc(N3CCCC3=O)cc2)CC1. The van der Waals surface area contributed by atoms with Gasteiger partial charge in [-0.3, -0.25) is 14.5 Å². The topological polar surface area (TPSA) is 55.9 Å². The van der Waals surface area contributed by atoms with E-state index in [1.54, 1.807) is 4.90 Å². The molecule has 2 saturated heterocycles. The molecule has 0 bridgehead atoms. The molecule has 2 amide bonds. The summed E-state index contributed by atoms with van der Waals surface area (Å²) in [4.78, 5) is 30.6. The van der Waals surface area contributed by atoms with Crippen molar-refractivity contribution < 1.29 is 9.59 Å². The molecule has 158 valence electrons. The maximum Gasteiger partial charge on any atom is 0.238 e. The van der Waals surface area contributed by atoms with Gasteiger partial charge in [-0.25, -0.2) is 0 Å². The molecule has 0 atom stereocenters. The Labute approximate surface area is 182 Å². The average Bonchev–Trinajstić information content (AvgIpc) is 3.17. The Kier molecular flexibility index (Phi) is 6.25. The fourth-order valence-electron chi connectivity index (χ4n) is 4.12. The third-order valence-corrected chi connectivity index (χ3v) is 6.02. The second-order valence-electron chi connectivity index (χ2n) is 7.94. The molecule has 4 rings (SSSR count). The van der Waals surface area contributed by atoms with Crippen molar-refractivity contribution in [1.29, 1.82) is 0 Å². The van der Waals surface area contributed by atoms with Gasteiger partial charge in [-0.1, -0.05) is 17.7 Å². The largest absolute Gasteiger partial charge is 0.369 e. The van der Waals surface area contributed by atoms with E-state index in [2.05, 4.69) is 22.0 Å². The lowest BCUT2D eigenvalue weighted by Gasteiger charge is -2.36. The van der Waals surface area contributed by atoms with Crippen LogP contribution in [0, 0.1) is 6.92 Å². The van der Waals surface area contributed by atoms with Gasteiger partial charge < -0.3 is 15.1 Å². The number of halogens is 1. The van der Waals surface area contributed by atoms with Crippen molar-refractivity contribution in [3.05, 3.63) is 53.1 Å². The molecule has 30 heavy (non-hydrogen) atoms. The Hall–Kier alpha value is -2.57. The van der Waals surface area contributed by atoms with Crippen LogP contribution in [0.3, 0.4) is 0 Å². The van der Waals surface area contributed by atoms with Gasteiger partial charge in [-0.05, 0) is 55.3 Å². The van der Waals surface area contributed by atoms with Crippen LogP contribution in [0.15, 0.2) is 42.5 Å². The number of aryl methyl sites for hydroxylation is 1. The highest BCUT2D eigenvalue weighted by Crippen LogP contribution is 2.26. The Morgan fingerprint density at radius 2 is 1.77 bits per heavy atom. The number of hydrogen-bond acceptors (Lipinski definition) is 4. The molecule has 2 aliphatic rings. The molecule has 2 aromatic rings. The molecule has 2 fully saturated rings. The molecule has 0 unspecified atom stereocenters. The number of benzene rings is 2. The summed E-state index contributed by atoms with van der Waals surface area (Å²) in [5, 5.41) is 3.71. The van der Waals surface area contributed by atoms with E-state index in [1.165, 1.54) is 11.3 Å². The molecule has 0 aromatic heterocycles. The van der Waals surface area contributed by atoms with Crippen LogP contribution in [0.25, 0.3) is 0 Å². The third kappa shape index (κ3) is 4.77. The van der Waals surface area contributed by atoms with E-state index < -0.39 is 0 Å². The van der Waals surface area contributed by atoms with Gasteiger partial charge in [-0.2, -0.15) is 0 Å². The molecule has 0 saturated carbocycles. The number of carbonyl (C=O) groups excluding carboxylic acids is 2. The summed E-state index contributed by atoms with van der Waals surface area (Å²) in [5.74, 6) is 0.145. The maximum atomic E-state index is 12.5. The minimum absolute atomic E-state index is 0.0209. The Bertz CT molecular complexity index is 923. The Morgan fingerprint density at radius 3 is 2.43 bits per heavy atom. The third-order valence-electron chi connectivity index (χ3n) is 5.79. The number of nitrogens with one attached hydrogen (secondary N) is 1. The first-order valence-electron chi connectivity index (χ1n) is 10.4. The number of hydrogen-bond donors (Lipinski definition) is 1. The normalized spacial score (nSPS) is 17.5. The summed E-state index contributed by atoms with van der Waals surface area (Å²) in [6.07, 6.45) is 1.52. The van der Waals surface area contributed by atoms with E-state index in [-0.39, 0.29) is 11.8 Å². The van der Waals surface area contributed by atoms with Crippen LogP contribution in [0.5, 0.6) is 0 Å². The Morgan fingerprint density at radius 1 is 1.03 bits per heavy atom. The van der Waals surface area contributed by atoms with Crippen molar-refractivity contribution >= 4 is 40.5 Å². The summed E-state index contributed by atoms with van der Waals surface area (Å²) < 4.78 is 0. The van der Waals surface area contributed by atoms with E-state index in [0.29, 0.717) is 13.0 Å². The van der Waals surface area contributed by atoms with Crippen LogP contribution < -0.4 is 15.1 Å². The summed E-state index contributed by atoms with van der Waals surface area (Å²) >= 11 is 6.15. The first kappa shape index (κ1) is 20.7. The first-order chi connectivity index (χ1) is 14.5. The average molecular weight is 427 g/mol. The maximum absolute atomic E-state index is 12.5.